The van der Waals surface area contributed by atoms with E-state index in [1.165, 1.54) is 18.2 Å². The molecule has 20 heavy (non-hydrogen) atoms. The van der Waals surface area contributed by atoms with E-state index in [4.69, 9.17) is 0 Å². The van der Waals surface area contributed by atoms with Crippen molar-refractivity contribution in [3.05, 3.63) is 44.2 Å². The van der Waals surface area contributed by atoms with Gasteiger partial charge in [0.25, 0.3) is 11.6 Å². The molecule has 9 nitrogen and oxygen atoms in total. The molecule has 0 bridgehead atoms. The molecule has 0 spiro atoms. The molecule has 10 heteroatoms. The van der Waals surface area contributed by atoms with Gasteiger partial charge in [0.1, 0.15) is 4.47 Å². The van der Waals surface area contributed by atoms with Crippen molar-refractivity contribution in [1.82, 2.24) is 25.9 Å². The van der Waals surface area contributed by atoms with Gasteiger partial charge in [0, 0.05) is 6.07 Å². The van der Waals surface area contributed by atoms with Crippen molar-refractivity contribution in [2.24, 2.45) is 0 Å². The number of aromatic amines is 1. The lowest BCUT2D eigenvalue weighted by Crippen LogP contribution is -2.27. The number of hydrogen-bond donors (Lipinski definition) is 2. The normalized spacial score (nSPS) is 11.9. The summed E-state index contributed by atoms with van der Waals surface area (Å²) in [6, 6.07) is 3.75. The summed E-state index contributed by atoms with van der Waals surface area (Å²) in [5.74, 6) is -0.155. The first-order valence-corrected chi connectivity index (χ1v) is 6.27. The number of aromatic nitrogens is 4. The number of nitro groups is 1. The van der Waals surface area contributed by atoms with Crippen molar-refractivity contribution >= 4 is 27.5 Å². The van der Waals surface area contributed by atoms with Crippen LogP contribution in [0.25, 0.3) is 0 Å². The van der Waals surface area contributed by atoms with E-state index in [1.54, 1.807) is 6.92 Å². The van der Waals surface area contributed by atoms with Gasteiger partial charge in [-0.25, -0.2) is 0 Å². The number of tetrazole rings is 1. The Bertz CT molecular complexity index is 644. The minimum atomic E-state index is -0.566. The van der Waals surface area contributed by atoms with E-state index in [9.17, 15) is 14.9 Å². The second-order valence-electron chi connectivity index (χ2n) is 3.86. The van der Waals surface area contributed by atoms with E-state index in [1.807, 2.05) is 0 Å². The lowest BCUT2D eigenvalue weighted by atomic mass is 10.1. The average Bonchev–Trinajstić information content (AvgIpc) is 2.92. The maximum atomic E-state index is 12.1. The highest BCUT2D eigenvalue weighted by molar-refractivity contribution is 9.10. The van der Waals surface area contributed by atoms with E-state index in [0.29, 0.717) is 5.82 Å². The van der Waals surface area contributed by atoms with Crippen LogP contribution < -0.4 is 5.32 Å². The van der Waals surface area contributed by atoms with Gasteiger partial charge in [0.15, 0.2) is 5.82 Å². The third-order valence-corrected chi connectivity index (χ3v) is 3.35. The van der Waals surface area contributed by atoms with Crippen LogP contribution in [0, 0.1) is 10.1 Å². The molecule has 0 radical (unpaired) electrons. The number of carbonyl (C=O) groups excluding carboxylic acids is 1. The molecule has 104 valence electrons. The zero-order chi connectivity index (χ0) is 14.7. The van der Waals surface area contributed by atoms with Crippen molar-refractivity contribution in [2.75, 3.05) is 0 Å². The number of halogens is 1. The third kappa shape index (κ3) is 2.79. The van der Waals surface area contributed by atoms with Crippen LogP contribution in [0.1, 0.15) is 29.1 Å². The number of amides is 1. The average molecular weight is 341 g/mol. The Morgan fingerprint density at radius 3 is 2.90 bits per heavy atom. The van der Waals surface area contributed by atoms with Crippen LogP contribution in [0.15, 0.2) is 22.7 Å². The van der Waals surface area contributed by atoms with Crippen LogP contribution in [-0.2, 0) is 0 Å². The fourth-order valence-corrected chi connectivity index (χ4v) is 2.12. The van der Waals surface area contributed by atoms with Crippen molar-refractivity contribution in [1.29, 1.82) is 0 Å². The van der Waals surface area contributed by atoms with Gasteiger partial charge in [0.05, 0.1) is 16.5 Å². The number of benzene rings is 1. The molecule has 1 amide bonds. The molecule has 1 aromatic heterocycles. The topological polar surface area (TPSA) is 127 Å². The largest absolute Gasteiger partial charge is 0.342 e. The highest BCUT2D eigenvalue weighted by Crippen LogP contribution is 2.28. The highest BCUT2D eigenvalue weighted by atomic mass is 79.9. The molecule has 0 saturated carbocycles. The van der Waals surface area contributed by atoms with Gasteiger partial charge >= 0.3 is 0 Å². The molecule has 1 aromatic carbocycles. The Morgan fingerprint density at radius 1 is 1.55 bits per heavy atom. The van der Waals surface area contributed by atoms with Crippen LogP contribution >= 0.6 is 15.9 Å². The molecule has 0 fully saturated rings. The Hall–Kier alpha value is -2.36. The third-order valence-electron chi connectivity index (χ3n) is 2.52. The Labute approximate surface area is 121 Å². The van der Waals surface area contributed by atoms with E-state index >= 15 is 0 Å². The number of nitro benzene ring substituents is 1. The van der Waals surface area contributed by atoms with Gasteiger partial charge in [-0.15, -0.1) is 10.2 Å². The van der Waals surface area contributed by atoms with Crippen molar-refractivity contribution in [3.63, 3.8) is 0 Å². The summed E-state index contributed by atoms with van der Waals surface area (Å²) in [4.78, 5) is 22.3. The number of carbonyl (C=O) groups is 1. The summed E-state index contributed by atoms with van der Waals surface area (Å²) in [5, 5.41) is 26.6. The summed E-state index contributed by atoms with van der Waals surface area (Å²) < 4.78 is 0.128. The first-order valence-electron chi connectivity index (χ1n) is 5.48. The molecular formula is C10H9BrN6O3. The molecular weight excluding hydrogens is 332 g/mol. The van der Waals surface area contributed by atoms with E-state index in [-0.39, 0.29) is 15.7 Å². The fraction of sp³-hybridized carbons (Fsp3) is 0.200. The van der Waals surface area contributed by atoms with Crippen LogP contribution in [0.2, 0.25) is 0 Å². The first kappa shape index (κ1) is 14.1. The summed E-state index contributed by atoms with van der Waals surface area (Å²) in [6.45, 7) is 1.67. The number of H-pyrrole nitrogens is 1. The highest BCUT2D eigenvalue weighted by Gasteiger charge is 2.21. The quantitative estimate of drug-likeness (QED) is 0.639. The van der Waals surface area contributed by atoms with E-state index in [2.05, 4.69) is 41.9 Å². The second kappa shape index (κ2) is 5.74. The Balaban J connectivity index is 2.22. The monoisotopic (exact) mass is 340 g/mol. The van der Waals surface area contributed by atoms with Crippen molar-refractivity contribution in [2.45, 2.75) is 13.0 Å². The Kier molecular flexibility index (Phi) is 4.03. The smallest absolute Gasteiger partial charge is 0.284 e. The molecule has 2 aromatic rings. The van der Waals surface area contributed by atoms with Gasteiger partial charge < -0.3 is 5.32 Å². The predicted octanol–water partition coefficient (Wildman–Crippen LogP) is 1.36. The molecule has 2 N–H and O–H groups in total. The number of nitrogens with zero attached hydrogens (tertiary/aromatic N) is 4. The molecule has 1 atom stereocenters. The zero-order valence-corrected chi connectivity index (χ0v) is 11.8. The van der Waals surface area contributed by atoms with Gasteiger partial charge in [-0.3, -0.25) is 14.9 Å². The second-order valence-corrected chi connectivity index (χ2v) is 4.65. The standard InChI is InChI=1S/C10H9BrN6O3/c1-5(9-13-15-16-14-9)12-10(18)6-3-2-4-7(8(6)11)17(19)20/h2-5H,1H3,(H,12,18)(H,13,14,15,16). The summed E-state index contributed by atoms with van der Waals surface area (Å²) in [7, 11) is 0. The molecule has 1 unspecified atom stereocenters. The molecule has 2 rings (SSSR count). The van der Waals surface area contributed by atoms with Crippen LogP contribution in [-0.4, -0.2) is 31.5 Å². The summed E-state index contributed by atoms with van der Waals surface area (Å²) in [5.41, 5.74) is -0.0144. The van der Waals surface area contributed by atoms with Crippen LogP contribution in [0.3, 0.4) is 0 Å². The Morgan fingerprint density at radius 2 is 2.30 bits per heavy atom. The van der Waals surface area contributed by atoms with Crippen molar-refractivity contribution in [3.8, 4) is 0 Å². The van der Waals surface area contributed by atoms with E-state index in [0.717, 1.165) is 0 Å². The van der Waals surface area contributed by atoms with Gasteiger partial charge in [-0.1, -0.05) is 11.3 Å². The van der Waals surface area contributed by atoms with Crippen LogP contribution in [0.5, 0.6) is 0 Å². The van der Waals surface area contributed by atoms with Crippen molar-refractivity contribution < 1.29 is 9.72 Å². The first-order chi connectivity index (χ1) is 9.50. The summed E-state index contributed by atoms with van der Waals surface area (Å²) in [6.07, 6.45) is 0. The molecule has 0 aliphatic carbocycles. The van der Waals surface area contributed by atoms with Crippen LogP contribution in [0.4, 0.5) is 5.69 Å². The zero-order valence-electron chi connectivity index (χ0n) is 10.2. The van der Waals surface area contributed by atoms with E-state index < -0.39 is 16.9 Å². The predicted molar refractivity (Wildman–Crippen MR) is 70.9 cm³/mol. The molecule has 0 saturated heterocycles. The fourth-order valence-electron chi connectivity index (χ4n) is 1.53. The lowest BCUT2D eigenvalue weighted by molar-refractivity contribution is -0.385. The summed E-state index contributed by atoms with van der Waals surface area (Å²) >= 11 is 3.07. The number of hydrogen-bond acceptors (Lipinski definition) is 6. The molecule has 1 heterocycles. The number of rotatable bonds is 4. The minimum absolute atomic E-state index is 0.128. The molecule has 0 aliphatic heterocycles. The maximum absolute atomic E-state index is 12.1. The maximum Gasteiger partial charge on any atom is 0.284 e. The minimum Gasteiger partial charge on any atom is -0.342 e. The van der Waals surface area contributed by atoms with Gasteiger partial charge in [-0.2, -0.15) is 5.21 Å². The molecule has 0 aliphatic rings. The van der Waals surface area contributed by atoms with Gasteiger partial charge in [0.2, 0.25) is 0 Å². The number of nitrogens with one attached hydrogen (secondary N) is 2. The van der Waals surface area contributed by atoms with Gasteiger partial charge in [-0.05, 0) is 28.9 Å². The lowest BCUT2D eigenvalue weighted by Gasteiger charge is -2.10. The SMILES string of the molecule is CC(NC(=O)c1cccc([N+](=O)[O-])c1Br)c1nn[nH]n1.